The minimum Gasteiger partial charge on any atom is -0.343 e. The van der Waals surface area contributed by atoms with Gasteiger partial charge in [-0.25, -0.2) is 4.79 Å². The van der Waals surface area contributed by atoms with Crippen molar-refractivity contribution in [3.63, 3.8) is 0 Å². The summed E-state index contributed by atoms with van der Waals surface area (Å²) in [5.74, 6) is 2.62. The first kappa shape index (κ1) is 18.5. The molecule has 0 aromatic rings. The van der Waals surface area contributed by atoms with Crippen LogP contribution >= 0.6 is 0 Å². The van der Waals surface area contributed by atoms with E-state index in [2.05, 4.69) is 24.5 Å². The number of carbonyl (C=O) groups is 2. The number of nitrogens with one attached hydrogen (secondary N) is 2. The van der Waals surface area contributed by atoms with E-state index in [1.54, 1.807) is 0 Å². The molecule has 0 spiro atoms. The largest absolute Gasteiger partial charge is 0.343 e. The Kier molecular flexibility index (Phi) is 5.90. The Morgan fingerprint density at radius 2 is 1.48 bits per heavy atom. The van der Waals surface area contributed by atoms with Gasteiger partial charge in [0.1, 0.15) is 0 Å². The first-order valence-electron chi connectivity index (χ1n) is 10.4. The van der Waals surface area contributed by atoms with E-state index in [4.69, 9.17) is 0 Å². The number of nitrogens with zero attached hydrogens (tertiary/aromatic N) is 1. The van der Waals surface area contributed by atoms with Crippen molar-refractivity contribution in [3.05, 3.63) is 0 Å². The molecular formula is C20H35N3O2. The van der Waals surface area contributed by atoms with Crippen molar-refractivity contribution < 1.29 is 9.59 Å². The highest BCUT2D eigenvalue weighted by Crippen LogP contribution is 2.55. The molecule has 0 unspecified atom stereocenters. The van der Waals surface area contributed by atoms with Crippen LogP contribution in [0.25, 0.3) is 0 Å². The van der Waals surface area contributed by atoms with E-state index in [0.29, 0.717) is 13.0 Å². The Bertz CT molecular complexity index is 450. The van der Waals surface area contributed by atoms with E-state index in [9.17, 15) is 9.59 Å². The SMILES string of the molecule is CCCN(CCC)C(=O)CCNC(=O)NC12CC3CC(CC(C3)C1)C2. The third kappa shape index (κ3) is 4.48. The maximum absolute atomic E-state index is 12.4. The van der Waals surface area contributed by atoms with E-state index >= 15 is 0 Å². The van der Waals surface area contributed by atoms with Crippen molar-refractivity contribution in [2.24, 2.45) is 17.8 Å². The maximum atomic E-state index is 12.4. The molecule has 4 saturated carbocycles. The van der Waals surface area contributed by atoms with Crippen LogP contribution in [0.1, 0.15) is 71.6 Å². The molecule has 4 rings (SSSR count). The van der Waals surface area contributed by atoms with Crippen LogP contribution in [0.3, 0.4) is 0 Å². The fraction of sp³-hybridized carbons (Fsp3) is 0.900. The molecule has 0 saturated heterocycles. The molecule has 2 N–H and O–H groups in total. The topological polar surface area (TPSA) is 61.4 Å². The molecule has 0 heterocycles. The normalized spacial score (nSPS) is 32.5. The fourth-order valence-electron chi connectivity index (χ4n) is 5.89. The Balaban J connectivity index is 1.42. The average molecular weight is 350 g/mol. The summed E-state index contributed by atoms with van der Waals surface area (Å²) in [5, 5.41) is 6.23. The summed E-state index contributed by atoms with van der Waals surface area (Å²) in [7, 11) is 0. The molecule has 0 radical (unpaired) electrons. The molecule has 4 fully saturated rings. The van der Waals surface area contributed by atoms with Crippen molar-refractivity contribution in [1.29, 1.82) is 0 Å². The lowest BCUT2D eigenvalue weighted by Gasteiger charge is -2.56. The molecule has 5 nitrogen and oxygen atoms in total. The van der Waals surface area contributed by atoms with Crippen LogP contribution in [0.15, 0.2) is 0 Å². The Morgan fingerprint density at radius 1 is 0.960 bits per heavy atom. The highest BCUT2D eigenvalue weighted by molar-refractivity contribution is 5.78. The highest BCUT2D eigenvalue weighted by atomic mass is 16.2. The second kappa shape index (κ2) is 7.96. The summed E-state index contributed by atoms with van der Waals surface area (Å²) < 4.78 is 0. The summed E-state index contributed by atoms with van der Waals surface area (Å²) >= 11 is 0. The molecule has 4 aliphatic carbocycles. The van der Waals surface area contributed by atoms with Gasteiger partial charge >= 0.3 is 6.03 Å². The lowest BCUT2D eigenvalue weighted by atomic mass is 9.53. The molecular weight excluding hydrogens is 314 g/mol. The quantitative estimate of drug-likeness (QED) is 0.706. The third-order valence-electron chi connectivity index (χ3n) is 6.38. The van der Waals surface area contributed by atoms with Crippen LogP contribution in [0.2, 0.25) is 0 Å². The molecule has 0 aromatic heterocycles. The zero-order valence-electron chi connectivity index (χ0n) is 16.0. The van der Waals surface area contributed by atoms with Crippen molar-refractivity contribution in [2.45, 2.75) is 77.2 Å². The standard InChI is InChI=1S/C20H35N3O2/c1-3-7-23(8-4-2)18(24)5-6-21-19(25)22-20-12-15-9-16(13-20)11-17(10-15)14-20/h15-17H,3-14H2,1-2H3,(H2,21,22,25). The minimum atomic E-state index is -0.0766. The lowest BCUT2D eigenvalue weighted by molar-refractivity contribution is -0.131. The fourth-order valence-corrected chi connectivity index (χ4v) is 5.89. The Labute approximate surface area is 152 Å². The van der Waals surface area contributed by atoms with Gasteiger partial charge in [-0.2, -0.15) is 0 Å². The molecule has 4 bridgehead atoms. The zero-order chi connectivity index (χ0) is 17.9. The van der Waals surface area contributed by atoms with E-state index in [0.717, 1.165) is 62.9 Å². The maximum Gasteiger partial charge on any atom is 0.315 e. The summed E-state index contributed by atoms with van der Waals surface area (Å²) in [5.41, 5.74) is 0.0410. The van der Waals surface area contributed by atoms with Crippen LogP contribution in [0.5, 0.6) is 0 Å². The first-order chi connectivity index (χ1) is 12.0. The first-order valence-corrected chi connectivity index (χ1v) is 10.4. The average Bonchev–Trinajstić information content (AvgIpc) is 2.52. The van der Waals surface area contributed by atoms with Crippen molar-refractivity contribution >= 4 is 11.9 Å². The monoisotopic (exact) mass is 349 g/mol. The van der Waals surface area contributed by atoms with Gasteiger partial charge in [0.2, 0.25) is 5.91 Å². The van der Waals surface area contributed by atoms with Gasteiger partial charge in [0.15, 0.2) is 0 Å². The van der Waals surface area contributed by atoms with Gasteiger partial charge in [0, 0.05) is 31.6 Å². The summed E-state index contributed by atoms with van der Waals surface area (Å²) in [4.78, 5) is 26.6. The molecule has 0 aromatic carbocycles. The molecule has 4 aliphatic rings. The third-order valence-corrected chi connectivity index (χ3v) is 6.38. The van der Waals surface area contributed by atoms with Gasteiger partial charge in [-0.1, -0.05) is 13.8 Å². The van der Waals surface area contributed by atoms with Gasteiger partial charge in [0.25, 0.3) is 0 Å². The smallest absolute Gasteiger partial charge is 0.315 e. The van der Waals surface area contributed by atoms with Crippen molar-refractivity contribution in [1.82, 2.24) is 15.5 Å². The molecule has 25 heavy (non-hydrogen) atoms. The van der Waals surface area contributed by atoms with E-state index in [1.165, 1.54) is 19.3 Å². The number of hydrogen-bond acceptors (Lipinski definition) is 2. The Hall–Kier alpha value is -1.26. The van der Waals surface area contributed by atoms with E-state index in [1.807, 2.05) is 4.90 Å². The van der Waals surface area contributed by atoms with E-state index < -0.39 is 0 Å². The van der Waals surface area contributed by atoms with Crippen LogP contribution < -0.4 is 10.6 Å². The number of hydrogen-bond donors (Lipinski definition) is 2. The number of carbonyl (C=O) groups excluding carboxylic acids is 2. The minimum absolute atomic E-state index is 0.0410. The van der Waals surface area contributed by atoms with Crippen LogP contribution in [-0.2, 0) is 4.79 Å². The molecule has 0 aliphatic heterocycles. The van der Waals surface area contributed by atoms with Crippen molar-refractivity contribution in [2.75, 3.05) is 19.6 Å². The Morgan fingerprint density at radius 3 is 1.96 bits per heavy atom. The highest BCUT2D eigenvalue weighted by Gasteiger charge is 2.51. The predicted octanol–water partition coefficient (Wildman–Crippen LogP) is 3.29. The summed E-state index contributed by atoms with van der Waals surface area (Å²) in [6, 6.07) is -0.0766. The second-order valence-electron chi connectivity index (χ2n) is 8.71. The molecule has 0 atom stereocenters. The summed E-state index contributed by atoms with van der Waals surface area (Å²) in [6.07, 6.45) is 9.96. The molecule has 3 amide bonds. The van der Waals surface area contributed by atoms with Crippen molar-refractivity contribution in [3.8, 4) is 0 Å². The van der Waals surface area contributed by atoms with Gasteiger partial charge in [-0.3, -0.25) is 4.79 Å². The zero-order valence-corrected chi connectivity index (χ0v) is 16.0. The number of rotatable bonds is 8. The second-order valence-corrected chi connectivity index (χ2v) is 8.71. The van der Waals surface area contributed by atoms with Crippen LogP contribution in [0, 0.1) is 17.8 Å². The van der Waals surface area contributed by atoms with Gasteiger partial charge < -0.3 is 15.5 Å². The van der Waals surface area contributed by atoms with Gasteiger partial charge in [0.05, 0.1) is 0 Å². The number of urea groups is 1. The molecule has 5 heteroatoms. The van der Waals surface area contributed by atoms with Crippen LogP contribution in [0.4, 0.5) is 4.79 Å². The van der Waals surface area contributed by atoms with Gasteiger partial charge in [-0.15, -0.1) is 0 Å². The van der Waals surface area contributed by atoms with Gasteiger partial charge in [-0.05, 0) is 69.1 Å². The predicted molar refractivity (Wildman–Crippen MR) is 99.2 cm³/mol. The van der Waals surface area contributed by atoms with E-state index in [-0.39, 0.29) is 17.5 Å². The summed E-state index contributed by atoms with van der Waals surface area (Å²) in [6.45, 7) is 6.24. The van der Waals surface area contributed by atoms with Crippen LogP contribution in [-0.4, -0.2) is 42.0 Å². The lowest BCUT2D eigenvalue weighted by Crippen LogP contribution is -2.61. The molecule has 142 valence electrons. The number of amides is 3.